The number of likely N-dealkylation sites (tertiary alicyclic amines) is 1. The zero-order valence-corrected chi connectivity index (χ0v) is 19.2. The van der Waals surface area contributed by atoms with E-state index in [1.54, 1.807) is 25.1 Å². The topological polar surface area (TPSA) is 61.8 Å². The van der Waals surface area contributed by atoms with Crippen molar-refractivity contribution >= 4 is 11.7 Å². The summed E-state index contributed by atoms with van der Waals surface area (Å²) < 4.78 is 19.5. The molecule has 4 rings (SSSR count). The van der Waals surface area contributed by atoms with E-state index < -0.39 is 0 Å². The van der Waals surface area contributed by atoms with Gasteiger partial charge in [-0.3, -0.25) is 4.79 Å². The Balaban J connectivity index is 1.57. The smallest absolute Gasteiger partial charge is 0.219 e. The van der Waals surface area contributed by atoms with Gasteiger partial charge in [-0.25, -0.2) is 14.4 Å². The van der Waals surface area contributed by atoms with E-state index in [0.717, 1.165) is 55.3 Å². The van der Waals surface area contributed by atoms with Gasteiger partial charge in [0.15, 0.2) is 11.6 Å². The highest BCUT2D eigenvalue weighted by molar-refractivity contribution is 5.74. The third kappa shape index (κ3) is 5.01. The molecule has 3 heterocycles. The van der Waals surface area contributed by atoms with Gasteiger partial charge < -0.3 is 19.4 Å². The lowest BCUT2D eigenvalue weighted by Gasteiger charge is -2.33. The van der Waals surface area contributed by atoms with Crippen molar-refractivity contribution in [3.63, 3.8) is 0 Å². The number of aromatic nitrogens is 2. The standard InChI is InChI=1S/C24H32FN5O2/c1-17(31)30-12-10-21-19(16-30)24(27-23(26-21)18-7-6-11-28(2)15-18)29(3)13-14-32-22-9-5-4-8-20(22)25/h4-5,8-9,18H,6-7,10-16H2,1-3H3/t18-/m0/s1. The van der Waals surface area contributed by atoms with Crippen LogP contribution in [0.4, 0.5) is 10.2 Å². The first-order valence-electron chi connectivity index (χ1n) is 11.3. The molecule has 0 N–H and O–H groups in total. The van der Waals surface area contributed by atoms with Crippen LogP contribution in [0.5, 0.6) is 5.75 Å². The molecule has 2 aliphatic rings. The van der Waals surface area contributed by atoms with Crippen molar-refractivity contribution in [1.82, 2.24) is 19.8 Å². The fourth-order valence-electron chi connectivity index (χ4n) is 4.52. The van der Waals surface area contributed by atoms with Crippen LogP contribution in [0.25, 0.3) is 0 Å². The van der Waals surface area contributed by atoms with Gasteiger partial charge in [-0.2, -0.15) is 0 Å². The van der Waals surface area contributed by atoms with E-state index in [4.69, 9.17) is 14.7 Å². The van der Waals surface area contributed by atoms with Crippen molar-refractivity contribution < 1.29 is 13.9 Å². The Labute approximate surface area is 189 Å². The van der Waals surface area contributed by atoms with Gasteiger partial charge >= 0.3 is 0 Å². The molecule has 0 spiro atoms. The van der Waals surface area contributed by atoms with Crippen molar-refractivity contribution in [2.75, 3.05) is 51.8 Å². The molecule has 1 aromatic heterocycles. The molecule has 1 fully saturated rings. The summed E-state index contributed by atoms with van der Waals surface area (Å²) in [7, 11) is 4.11. The zero-order chi connectivity index (χ0) is 22.7. The van der Waals surface area contributed by atoms with Crippen LogP contribution in [0.2, 0.25) is 0 Å². The molecule has 1 saturated heterocycles. The fraction of sp³-hybridized carbons (Fsp3) is 0.542. The molecule has 1 aromatic carbocycles. The van der Waals surface area contributed by atoms with Crippen LogP contribution >= 0.6 is 0 Å². The van der Waals surface area contributed by atoms with E-state index in [0.29, 0.717) is 32.2 Å². The number of carbonyl (C=O) groups is 1. The van der Waals surface area contributed by atoms with Crippen LogP contribution < -0.4 is 9.64 Å². The van der Waals surface area contributed by atoms with Gasteiger partial charge in [0.1, 0.15) is 18.2 Å². The molecule has 0 bridgehead atoms. The lowest BCUT2D eigenvalue weighted by atomic mass is 9.96. The molecule has 2 aliphatic heterocycles. The molecule has 8 heteroatoms. The van der Waals surface area contributed by atoms with Crippen LogP contribution in [-0.2, 0) is 17.8 Å². The van der Waals surface area contributed by atoms with E-state index in [-0.39, 0.29) is 17.5 Å². The second kappa shape index (κ2) is 9.81. The van der Waals surface area contributed by atoms with Crippen molar-refractivity contribution in [2.24, 2.45) is 0 Å². The monoisotopic (exact) mass is 441 g/mol. The lowest BCUT2D eigenvalue weighted by Crippen LogP contribution is -2.38. The number of carbonyl (C=O) groups excluding carboxylic acids is 1. The van der Waals surface area contributed by atoms with Crippen LogP contribution in [0.15, 0.2) is 24.3 Å². The van der Waals surface area contributed by atoms with Crippen LogP contribution in [0.1, 0.15) is 42.8 Å². The number of anilines is 1. The Morgan fingerprint density at radius 3 is 2.84 bits per heavy atom. The average Bonchev–Trinajstić information content (AvgIpc) is 2.79. The van der Waals surface area contributed by atoms with Crippen molar-refractivity contribution in [1.29, 1.82) is 0 Å². The van der Waals surface area contributed by atoms with Crippen LogP contribution in [-0.4, -0.2) is 72.6 Å². The number of halogens is 1. The molecule has 32 heavy (non-hydrogen) atoms. The summed E-state index contributed by atoms with van der Waals surface area (Å²) in [6, 6.07) is 6.42. The summed E-state index contributed by atoms with van der Waals surface area (Å²) in [6.45, 7) is 5.74. The highest BCUT2D eigenvalue weighted by Crippen LogP contribution is 2.31. The van der Waals surface area contributed by atoms with Crippen molar-refractivity contribution in [3.8, 4) is 5.75 Å². The van der Waals surface area contributed by atoms with Gasteiger partial charge in [0.25, 0.3) is 0 Å². The van der Waals surface area contributed by atoms with Gasteiger partial charge in [0.05, 0.1) is 18.8 Å². The number of piperidine rings is 1. The number of amides is 1. The van der Waals surface area contributed by atoms with Crippen LogP contribution in [0, 0.1) is 5.82 Å². The first-order chi connectivity index (χ1) is 15.4. The Kier molecular flexibility index (Phi) is 6.89. The molecule has 2 aromatic rings. The molecule has 7 nitrogen and oxygen atoms in total. The van der Waals surface area contributed by atoms with E-state index in [1.807, 2.05) is 16.8 Å². The number of benzene rings is 1. The molecule has 0 saturated carbocycles. The van der Waals surface area contributed by atoms with Gasteiger partial charge in [-0.15, -0.1) is 0 Å². The molecule has 0 unspecified atom stereocenters. The fourth-order valence-corrected chi connectivity index (χ4v) is 4.52. The SMILES string of the molecule is CC(=O)N1CCc2nc([C@H]3CCCN(C)C3)nc(N(C)CCOc3ccccc3F)c2C1. The molecule has 1 atom stereocenters. The normalized spacial score (nSPS) is 18.9. The first kappa shape index (κ1) is 22.5. The number of hydrogen-bond acceptors (Lipinski definition) is 6. The Bertz CT molecular complexity index is 969. The zero-order valence-electron chi connectivity index (χ0n) is 19.2. The van der Waals surface area contributed by atoms with Crippen LogP contribution in [0.3, 0.4) is 0 Å². The van der Waals surface area contributed by atoms with E-state index in [1.165, 1.54) is 6.07 Å². The average molecular weight is 442 g/mol. The largest absolute Gasteiger partial charge is 0.489 e. The quantitative estimate of drug-likeness (QED) is 0.687. The maximum absolute atomic E-state index is 13.9. The predicted molar refractivity (Wildman–Crippen MR) is 121 cm³/mol. The van der Waals surface area contributed by atoms with Gasteiger partial charge in [0.2, 0.25) is 5.91 Å². The van der Waals surface area contributed by atoms with E-state index in [9.17, 15) is 9.18 Å². The van der Waals surface area contributed by atoms with E-state index in [2.05, 4.69) is 11.9 Å². The summed E-state index contributed by atoms with van der Waals surface area (Å²) >= 11 is 0. The summed E-state index contributed by atoms with van der Waals surface area (Å²) in [4.78, 5) is 28.2. The molecular weight excluding hydrogens is 409 g/mol. The number of ether oxygens (including phenoxy) is 1. The van der Waals surface area contributed by atoms with E-state index >= 15 is 0 Å². The molecular formula is C24H32FN5O2. The second-order valence-electron chi connectivity index (χ2n) is 8.82. The maximum atomic E-state index is 13.9. The highest BCUT2D eigenvalue weighted by atomic mass is 19.1. The highest BCUT2D eigenvalue weighted by Gasteiger charge is 2.28. The summed E-state index contributed by atoms with van der Waals surface area (Å²) in [5.74, 6) is 2.00. The Morgan fingerprint density at radius 2 is 2.09 bits per heavy atom. The Hall–Kier alpha value is -2.74. The predicted octanol–water partition coefficient (Wildman–Crippen LogP) is 2.84. The summed E-state index contributed by atoms with van der Waals surface area (Å²) in [5.41, 5.74) is 2.05. The van der Waals surface area contributed by atoms with Gasteiger partial charge in [-0.05, 0) is 38.6 Å². The minimum absolute atomic E-state index is 0.0603. The third-order valence-corrected chi connectivity index (χ3v) is 6.37. The third-order valence-electron chi connectivity index (χ3n) is 6.37. The minimum atomic E-state index is -0.365. The molecule has 1 amide bonds. The minimum Gasteiger partial charge on any atom is -0.489 e. The first-order valence-corrected chi connectivity index (χ1v) is 11.3. The second-order valence-corrected chi connectivity index (χ2v) is 8.82. The molecule has 0 aliphatic carbocycles. The number of nitrogens with zero attached hydrogens (tertiary/aromatic N) is 5. The van der Waals surface area contributed by atoms with Gasteiger partial charge in [-0.1, -0.05) is 12.1 Å². The lowest BCUT2D eigenvalue weighted by molar-refractivity contribution is -0.129. The molecule has 172 valence electrons. The number of fused-ring (bicyclic) bond motifs is 1. The number of para-hydroxylation sites is 1. The summed E-state index contributed by atoms with van der Waals surface area (Å²) in [5, 5.41) is 0. The van der Waals surface area contributed by atoms with Crippen molar-refractivity contribution in [2.45, 2.75) is 38.6 Å². The molecule has 0 radical (unpaired) electrons. The number of rotatable bonds is 6. The van der Waals surface area contributed by atoms with Crippen molar-refractivity contribution in [3.05, 3.63) is 47.2 Å². The maximum Gasteiger partial charge on any atom is 0.219 e. The van der Waals surface area contributed by atoms with Gasteiger partial charge in [0, 0.05) is 45.0 Å². The number of likely N-dealkylation sites (N-methyl/N-ethyl adjacent to an activating group) is 2. The summed E-state index contributed by atoms with van der Waals surface area (Å²) in [6.07, 6.45) is 2.96. The number of hydrogen-bond donors (Lipinski definition) is 0. The Morgan fingerprint density at radius 1 is 1.28 bits per heavy atom.